The third-order valence-corrected chi connectivity index (χ3v) is 5.25. The van der Waals surface area contributed by atoms with Crippen molar-refractivity contribution < 1.29 is 32.1 Å². The van der Waals surface area contributed by atoms with Gasteiger partial charge in [-0.3, -0.25) is 0 Å². The zero-order valence-corrected chi connectivity index (χ0v) is 15.7. The number of nitrogens with zero attached hydrogens (tertiary/aromatic N) is 2. The predicted molar refractivity (Wildman–Crippen MR) is 103 cm³/mol. The molecule has 31 heavy (non-hydrogen) atoms. The molecule has 9 heteroatoms. The molecule has 1 aliphatic heterocycles. The number of hydrogen-bond donors (Lipinski definition) is 1. The summed E-state index contributed by atoms with van der Waals surface area (Å²) in [4.78, 5) is 0. The molecule has 4 aromatic rings. The zero-order valence-electron chi connectivity index (χ0n) is 15.7. The van der Waals surface area contributed by atoms with Crippen LogP contribution in [0.4, 0.5) is 17.6 Å². The third kappa shape index (κ3) is 2.92. The minimum Gasteiger partial charge on any atom is -0.454 e. The Hall–Kier alpha value is -3.59. The van der Waals surface area contributed by atoms with Crippen LogP contribution in [0, 0.1) is 5.82 Å². The van der Waals surface area contributed by atoms with Crippen molar-refractivity contribution in [2.24, 2.45) is 0 Å². The lowest BCUT2D eigenvalue weighted by molar-refractivity contribution is -0.248. The molecule has 1 atom stereocenters. The second kappa shape index (κ2) is 6.71. The maximum absolute atomic E-state index is 14.2. The van der Waals surface area contributed by atoms with Crippen LogP contribution in [-0.2, 0) is 5.60 Å². The van der Waals surface area contributed by atoms with Crippen LogP contribution < -0.4 is 9.47 Å². The first-order valence-corrected chi connectivity index (χ1v) is 9.21. The van der Waals surface area contributed by atoms with Crippen molar-refractivity contribution in [1.29, 1.82) is 0 Å². The molecule has 3 aromatic carbocycles. The molecule has 0 fully saturated rings. The largest absolute Gasteiger partial charge is 0.454 e. The van der Waals surface area contributed by atoms with E-state index in [1.165, 1.54) is 65.5 Å². The van der Waals surface area contributed by atoms with Crippen molar-refractivity contribution in [2.75, 3.05) is 6.79 Å². The number of aromatic nitrogens is 2. The number of rotatable bonds is 3. The Morgan fingerprint density at radius 3 is 2.48 bits per heavy atom. The quantitative estimate of drug-likeness (QED) is 0.479. The molecule has 1 aromatic heterocycles. The van der Waals surface area contributed by atoms with Gasteiger partial charge < -0.3 is 14.6 Å². The van der Waals surface area contributed by atoms with E-state index < -0.39 is 28.7 Å². The molecule has 0 radical (unpaired) electrons. The molecule has 0 saturated carbocycles. The summed E-state index contributed by atoms with van der Waals surface area (Å²) in [6.07, 6.45) is -3.66. The van der Waals surface area contributed by atoms with E-state index in [0.717, 1.165) is 6.07 Å². The van der Waals surface area contributed by atoms with E-state index in [-0.39, 0.29) is 18.3 Å². The van der Waals surface area contributed by atoms with Gasteiger partial charge in [0.15, 0.2) is 11.5 Å². The molecular weight excluding hydrogens is 416 g/mol. The molecule has 2 heterocycles. The van der Waals surface area contributed by atoms with Gasteiger partial charge in [0.2, 0.25) is 12.4 Å². The highest BCUT2D eigenvalue weighted by molar-refractivity contribution is 5.81. The fraction of sp³-hybridized carbons (Fsp3) is 0.136. The van der Waals surface area contributed by atoms with E-state index in [9.17, 15) is 22.7 Å². The summed E-state index contributed by atoms with van der Waals surface area (Å²) in [5.74, 6) is -0.436. The van der Waals surface area contributed by atoms with Gasteiger partial charge in [0.05, 0.1) is 17.4 Å². The van der Waals surface area contributed by atoms with Crippen molar-refractivity contribution in [3.05, 3.63) is 83.8 Å². The van der Waals surface area contributed by atoms with Crippen molar-refractivity contribution in [1.82, 2.24) is 9.78 Å². The Kier molecular flexibility index (Phi) is 4.19. The smallest absolute Gasteiger partial charge is 0.425 e. The fourth-order valence-corrected chi connectivity index (χ4v) is 3.73. The summed E-state index contributed by atoms with van der Waals surface area (Å²) >= 11 is 0. The summed E-state index contributed by atoms with van der Waals surface area (Å²) in [5.41, 5.74) is -3.15. The van der Waals surface area contributed by atoms with Gasteiger partial charge in [-0.1, -0.05) is 18.2 Å². The first-order valence-electron chi connectivity index (χ1n) is 9.21. The Balaban J connectivity index is 1.67. The highest BCUT2D eigenvalue weighted by atomic mass is 19.4. The third-order valence-electron chi connectivity index (χ3n) is 5.25. The number of aliphatic hydroxyl groups is 1. The van der Waals surface area contributed by atoms with Crippen LogP contribution >= 0.6 is 0 Å². The first-order chi connectivity index (χ1) is 14.8. The van der Waals surface area contributed by atoms with Crippen molar-refractivity contribution in [2.45, 2.75) is 11.8 Å². The summed E-state index contributed by atoms with van der Waals surface area (Å²) in [6.45, 7) is -0.232. The van der Waals surface area contributed by atoms with E-state index in [1.54, 1.807) is 0 Å². The predicted octanol–water partition coefficient (Wildman–Crippen LogP) is 4.69. The van der Waals surface area contributed by atoms with Crippen molar-refractivity contribution in [3.8, 4) is 17.2 Å². The molecule has 5 nitrogen and oxygen atoms in total. The number of hydrogen-bond acceptors (Lipinski definition) is 4. The molecule has 0 spiro atoms. The molecule has 1 unspecified atom stereocenters. The Morgan fingerprint density at radius 1 is 0.968 bits per heavy atom. The van der Waals surface area contributed by atoms with E-state index in [1.807, 2.05) is 0 Å². The highest BCUT2D eigenvalue weighted by Crippen LogP contribution is 2.51. The van der Waals surface area contributed by atoms with Gasteiger partial charge in [-0.05, 0) is 48.0 Å². The minimum atomic E-state index is -5.05. The monoisotopic (exact) mass is 430 g/mol. The van der Waals surface area contributed by atoms with Gasteiger partial charge in [-0.25, -0.2) is 9.07 Å². The number of benzene rings is 3. The van der Waals surface area contributed by atoms with Crippen molar-refractivity contribution >= 4 is 10.9 Å². The summed E-state index contributed by atoms with van der Waals surface area (Å²) < 4.78 is 67.8. The van der Waals surface area contributed by atoms with Gasteiger partial charge in [-0.15, -0.1) is 0 Å². The molecule has 1 aliphatic rings. The van der Waals surface area contributed by atoms with Crippen LogP contribution in [-0.4, -0.2) is 27.9 Å². The molecule has 0 amide bonds. The first kappa shape index (κ1) is 19.4. The second-order valence-corrected chi connectivity index (χ2v) is 7.05. The number of alkyl halides is 3. The summed E-state index contributed by atoms with van der Waals surface area (Å²) in [6, 6.07) is 13.4. The molecule has 158 valence electrons. The Labute approximate surface area is 173 Å². The van der Waals surface area contributed by atoms with Gasteiger partial charge in [0.25, 0.3) is 0 Å². The second-order valence-electron chi connectivity index (χ2n) is 7.05. The summed E-state index contributed by atoms with van der Waals surface area (Å²) in [7, 11) is 0. The molecule has 1 N–H and O–H groups in total. The number of fused-ring (bicyclic) bond motifs is 2. The molecule has 5 rings (SSSR count). The van der Waals surface area contributed by atoms with Crippen LogP contribution in [0.25, 0.3) is 16.6 Å². The van der Waals surface area contributed by atoms with Gasteiger partial charge in [-0.2, -0.15) is 18.3 Å². The van der Waals surface area contributed by atoms with E-state index >= 15 is 0 Å². The van der Waals surface area contributed by atoms with Crippen LogP contribution in [0.15, 0.2) is 66.9 Å². The van der Waals surface area contributed by atoms with Crippen LogP contribution in [0.5, 0.6) is 11.5 Å². The maximum Gasteiger partial charge on any atom is 0.425 e. The van der Waals surface area contributed by atoms with Gasteiger partial charge in [0.1, 0.15) is 5.82 Å². The lowest BCUT2D eigenvalue weighted by Gasteiger charge is -2.32. The fourth-order valence-electron chi connectivity index (χ4n) is 3.73. The zero-order chi connectivity index (χ0) is 21.8. The lowest BCUT2D eigenvalue weighted by atomic mass is 9.84. The maximum atomic E-state index is 14.2. The number of para-hydroxylation sites is 1. The molecule has 0 saturated heterocycles. The molecule has 0 aliphatic carbocycles. The van der Waals surface area contributed by atoms with E-state index in [4.69, 9.17) is 9.47 Å². The van der Waals surface area contributed by atoms with E-state index in [2.05, 4.69) is 5.10 Å². The topological polar surface area (TPSA) is 56.5 Å². The average molecular weight is 430 g/mol. The lowest BCUT2D eigenvalue weighted by Crippen LogP contribution is -2.43. The summed E-state index contributed by atoms with van der Waals surface area (Å²) in [5, 5.41) is 15.6. The van der Waals surface area contributed by atoms with Gasteiger partial charge >= 0.3 is 6.18 Å². The minimum absolute atomic E-state index is 0.130. The van der Waals surface area contributed by atoms with Crippen LogP contribution in [0.3, 0.4) is 0 Å². The normalized spacial score (nSPS) is 15.3. The van der Waals surface area contributed by atoms with Crippen molar-refractivity contribution in [3.63, 3.8) is 0 Å². The number of ether oxygens (including phenoxy) is 2. The SMILES string of the molecule is OC(c1ccc2c(cnn2-c2ccc(F)cc2)c1)(c1cccc2c1OCO2)C(F)(F)F. The standard InChI is InChI=1S/C22H14F4N2O3/c23-15-5-7-16(8-6-15)28-18-9-4-14(10-13(18)11-27-28)21(29,22(24,25)26)17-2-1-3-19-20(17)31-12-30-19/h1-11,29H,12H2. The van der Waals surface area contributed by atoms with Crippen LogP contribution in [0.1, 0.15) is 11.1 Å². The number of halogens is 4. The molecule has 0 bridgehead atoms. The highest BCUT2D eigenvalue weighted by Gasteiger charge is 2.58. The van der Waals surface area contributed by atoms with Gasteiger partial charge in [0, 0.05) is 10.9 Å². The Morgan fingerprint density at radius 2 is 1.74 bits per heavy atom. The van der Waals surface area contributed by atoms with E-state index in [0.29, 0.717) is 16.6 Å². The van der Waals surface area contributed by atoms with Crippen LogP contribution in [0.2, 0.25) is 0 Å². The Bertz CT molecular complexity index is 1280. The molecular formula is C22H14F4N2O3. The average Bonchev–Trinajstić information content (AvgIpc) is 3.39.